The minimum absolute atomic E-state index is 0.267. The fourth-order valence-electron chi connectivity index (χ4n) is 1.04. The number of rotatable bonds is 3. The van der Waals surface area contributed by atoms with Crippen LogP contribution in [0.3, 0.4) is 0 Å². The van der Waals surface area contributed by atoms with Crippen molar-refractivity contribution in [1.82, 2.24) is 0 Å². The van der Waals surface area contributed by atoms with Crippen molar-refractivity contribution in [3.63, 3.8) is 0 Å². The lowest BCUT2D eigenvalue weighted by Crippen LogP contribution is -2.17. The molecule has 1 saturated heterocycles. The van der Waals surface area contributed by atoms with Crippen molar-refractivity contribution in [2.24, 2.45) is 0 Å². The molecule has 0 radical (unpaired) electrons. The first-order valence-electron chi connectivity index (χ1n) is 4.10. The summed E-state index contributed by atoms with van der Waals surface area (Å²) in [7, 11) is 0. The molecule has 0 aromatic rings. The highest BCUT2D eigenvalue weighted by Gasteiger charge is 2.20. The Bertz CT molecular complexity index is 130. The lowest BCUT2D eigenvalue weighted by Gasteiger charge is -2.18. The van der Waals surface area contributed by atoms with E-state index >= 15 is 0 Å². The van der Waals surface area contributed by atoms with Gasteiger partial charge in [-0.15, -0.1) is 23.5 Å². The van der Waals surface area contributed by atoms with E-state index in [1.807, 2.05) is 23.5 Å². The van der Waals surface area contributed by atoms with E-state index in [4.69, 9.17) is 0 Å². The van der Waals surface area contributed by atoms with E-state index in [2.05, 4.69) is 6.92 Å². The van der Waals surface area contributed by atoms with Gasteiger partial charge in [0.05, 0.1) is 0 Å². The van der Waals surface area contributed by atoms with Crippen LogP contribution < -0.4 is 0 Å². The molecule has 1 nitrogen and oxygen atoms in total. The van der Waals surface area contributed by atoms with E-state index in [1.54, 1.807) is 0 Å². The average molecular weight is 190 g/mol. The summed E-state index contributed by atoms with van der Waals surface area (Å²) in [6.07, 6.45) is 3.03. The first kappa shape index (κ1) is 9.46. The topological polar surface area (TPSA) is 17.1 Å². The minimum Gasteiger partial charge on any atom is -0.298 e. The summed E-state index contributed by atoms with van der Waals surface area (Å²) in [5, 5.41) is 0. The largest absolute Gasteiger partial charge is 0.298 e. The molecular weight excluding hydrogens is 176 g/mol. The molecule has 1 fully saturated rings. The van der Waals surface area contributed by atoms with Gasteiger partial charge in [0.1, 0.15) is 4.58 Å². The Morgan fingerprint density at radius 2 is 2.09 bits per heavy atom. The normalized spacial score (nSPS) is 20.1. The van der Waals surface area contributed by atoms with Crippen molar-refractivity contribution >= 4 is 29.3 Å². The maximum absolute atomic E-state index is 11.4. The lowest BCUT2D eigenvalue weighted by atomic mass is 10.2. The molecule has 0 N–H and O–H groups in total. The highest BCUT2D eigenvalue weighted by molar-refractivity contribution is 8.18. The predicted molar refractivity (Wildman–Crippen MR) is 53.2 cm³/mol. The van der Waals surface area contributed by atoms with Crippen molar-refractivity contribution in [3.8, 4) is 0 Å². The van der Waals surface area contributed by atoms with Crippen LogP contribution in [0.5, 0.6) is 0 Å². The molecule has 0 bridgehead atoms. The number of thioether (sulfide) groups is 2. The quantitative estimate of drug-likeness (QED) is 0.681. The van der Waals surface area contributed by atoms with Gasteiger partial charge in [-0.2, -0.15) is 0 Å². The molecule has 1 heterocycles. The Labute approximate surface area is 76.7 Å². The molecule has 0 saturated carbocycles. The Morgan fingerprint density at radius 1 is 1.45 bits per heavy atom. The number of hydrogen-bond donors (Lipinski definition) is 0. The molecule has 1 aliphatic heterocycles. The molecule has 64 valence electrons. The molecule has 0 aliphatic carbocycles. The molecule has 0 atom stereocenters. The van der Waals surface area contributed by atoms with E-state index in [9.17, 15) is 4.79 Å². The summed E-state index contributed by atoms with van der Waals surface area (Å²) < 4.78 is 0.267. The minimum atomic E-state index is 0.267. The SMILES string of the molecule is CCCC(=O)C1SCCCS1. The summed E-state index contributed by atoms with van der Waals surface area (Å²) in [6, 6.07) is 0. The van der Waals surface area contributed by atoms with Gasteiger partial charge in [-0.1, -0.05) is 6.92 Å². The standard InChI is InChI=1S/C8H14OS2/c1-2-4-7(9)8-10-5-3-6-11-8/h8H,2-6H2,1H3. The highest BCUT2D eigenvalue weighted by Crippen LogP contribution is 2.31. The third-order valence-electron chi connectivity index (χ3n) is 1.59. The molecule has 1 rings (SSSR count). The zero-order valence-electron chi connectivity index (χ0n) is 6.84. The van der Waals surface area contributed by atoms with Crippen LogP contribution in [0.2, 0.25) is 0 Å². The summed E-state index contributed by atoms with van der Waals surface area (Å²) in [5.74, 6) is 2.79. The maximum Gasteiger partial charge on any atom is 0.155 e. The number of carbonyl (C=O) groups excluding carboxylic acids is 1. The van der Waals surface area contributed by atoms with Gasteiger partial charge in [-0.3, -0.25) is 4.79 Å². The highest BCUT2D eigenvalue weighted by atomic mass is 32.2. The average Bonchev–Trinajstić information content (AvgIpc) is 2.07. The Balaban J connectivity index is 2.27. The molecule has 1 aliphatic rings. The second-order valence-corrected chi connectivity index (χ2v) is 5.37. The zero-order valence-corrected chi connectivity index (χ0v) is 8.47. The van der Waals surface area contributed by atoms with Crippen LogP contribution in [-0.2, 0) is 4.79 Å². The zero-order chi connectivity index (χ0) is 8.10. The monoisotopic (exact) mass is 190 g/mol. The van der Waals surface area contributed by atoms with Gasteiger partial charge in [0.15, 0.2) is 5.78 Å². The predicted octanol–water partition coefficient (Wildman–Crippen LogP) is 2.55. The van der Waals surface area contributed by atoms with Crippen LogP contribution in [0.15, 0.2) is 0 Å². The number of Topliss-reactive ketones (excluding diaryl/α,β-unsaturated/α-hetero) is 1. The molecule has 0 unspecified atom stereocenters. The molecule has 0 aromatic heterocycles. The molecule has 0 spiro atoms. The Hall–Kier alpha value is 0.370. The first-order chi connectivity index (χ1) is 5.34. The second kappa shape index (κ2) is 5.09. The van der Waals surface area contributed by atoms with Crippen LogP contribution >= 0.6 is 23.5 Å². The molecular formula is C8H14OS2. The van der Waals surface area contributed by atoms with Gasteiger partial charge in [0.25, 0.3) is 0 Å². The summed E-state index contributed by atoms with van der Waals surface area (Å²) in [6.45, 7) is 2.07. The van der Waals surface area contributed by atoms with Crippen molar-refractivity contribution in [3.05, 3.63) is 0 Å². The summed E-state index contributed by atoms with van der Waals surface area (Å²) in [5.41, 5.74) is 0. The molecule has 3 heteroatoms. The van der Waals surface area contributed by atoms with Crippen molar-refractivity contribution in [1.29, 1.82) is 0 Å². The molecule has 11 heavy (non-hydrogen) atoms. The van der Waals surface area contributed by atoms with Crippen molar-refractivity contribution < 1.29 is 4.79 Å². The third kappa shape index (κ3) is 3.08. The van der Waals surface area contributed by atoms with E-state index < -0.39 is 0 Å². The third-order valence-corrected chi connectivity index (χ3v) is 4.58. The van der Waals surface area contributed by atoms with Gasteiger partial charge in [0, 0.05) is 6.42 Å². The number of hydrogen-bond acceptors (Lipinski definition) is 3. The van der Waals surface area contributed by atoms with E-state index in [0.29, 0.717) is 5.78 Å². The van der Waals surface area contributed by atoms with E-state index in [-0.39, 0.29) is 4.58 Å². The van der Waals surface area contributed by atoms with Crippen LogP contribution in [0.1, 0.15) is 26.2 Å². The van der Waals surface area contributed by atoms with Gasteiger partial charge in [-0.25, -0.2) is 0 Å². The smallest absolute Gasteiger partial charge is 0.155 e. The first-order valence-corrected chi connectivity index (χ1v) is 6.20. The van der Waals surface area contributed by atoms with E-state index in [0.717, 1.165) is 12.8 Å². The molecule has 0 amide bonds. The van der Waals surface area contributed by atoms with Crippen LogP contribution in [0.25, 0.3) is 0 Å². The summed E-state index contributed by atoms with van der Waals surface area (Å²) >= 11 is 3.65. The van der Waals surface area contributed by atoms with Gasteiger partial charge < -0.3 is 0 Å². The van der Waals surface area contributed by atoms with Crippen LogP contribution in [0, 0.1) is 0 Å². The fraction of sp³-hybridized carbons (Fsp3) is 0.875. The summed E-state index contributed by atoms with van der Waals surface area (Å²) in [4.78, 5) is 11.4. The molecule has 0 aromatic carbocycles. The number of ketones is 1. The van der Waals surface area contributed by atoms with Crippen LogP contribution in [0.4, 0.5) is 0 Å². The van der Waals surface area contributed by atoms with Crippen molar-refractivity contribution in [2.45, 2.75) is 30.8 Å². The van der Waals surface area contributed by atoms with Gasteiger partial charge in [0.2, 0.25) is 0 Å². The maximum atomic E-state index is 11.4. The fourth-order valence-corrected chi connectivity index (χ4v) is 3.84. The Kier molecular flexibility index (Phi) is 4.38. The van der Waals surface area contributed by atoms with Gasteiger partial charge in [-0.05, 0) is 24.3 Å². The lowest BCUT2D eigenvalue weighted by molar-refractivity contribution is -0.117. The number of carbonyl (C=O) groups is 1. The Morgan fingerprint density at radius 3 is 2.64 bits per heavy atom. The van der Waals surface area contributed by atoms with E-state index in [1.165, 1.54) is 17.9 Å². The second-order valence-electron chi connectivity index (χ2n) is 2.64. The van der Waals surface area contributed by atoms with Gasteiger partial charge >= 0.3 is 0 Å². The van der Waals surface area contributed by atoms with Crippen LogP contribution in [-0.4, -0.2) is 21.9 Å². The van der Waals surface area contributed by atoms with Crippen molar-refractivity contribution in [2.75, 3.05) is 11.5 Å².